The van der Waals surface area contributed by atoms with Crippen molar-refractivity contribution in [1.29, 1.82) is 0 Å². The first-order chi connectivity index (χ1) is 14.9. The van der Waals surface area contributed by atoms with E-state index in [2.05, 4.69) is 5.32 Å². The summed E-state index contributed by atoms with van der Waals surface area (Å²) in [4.78, 5) is 44.6. The Bertz CT molecular complexity index is 881. The Kier molecular flexibility index (Phi) is 8.31. The van der Waals surface area contributed by atoms with E-state index in [-0.39, 0.29) is 36.5 Å². The second kappa shape index (κ2) is 10.5. The molecule has 0 bridgehead atoms. The molecule has 3 rings (SSSR count). The van der Waals surface area contributed by atoms with E-state index in [0.29, 0.717) is 43.5 Å². The maximum absolute atomic E-state index is 14.6. The van der Waals surface area contributed by atoms with E-state index >= 15 is 0 Å². The van der Waals surface area contributed by atoms with E-state index in [1.165, 1.54) is 6.07 Å². The van der Waals surface area contributed by atoms with Crippen LogP contribution in [0.4, 0.5) is 17.6 Å². The lowest BCUT2D eigenvalue weighted by atomic mass is 9.85. The molecule has 12 heteroatoms. The van der Waals surface area contributed by atoms with Crippen molar-refractivity contribution < 1.29 is 47.0 Å². The average molecular weight is 462 g/mol. The van der Waals surface area contributed by atoms with Crippen LogP contribution in [0.3, 0.4) is 0 Å². The van der Waals surface area contributed by atoms with Gasteiger partial charge >= 0.3 is 18.1 Å². The standard InChI is InChI=1S/C18H21FN2O4.C2HF3O2/c19-15-9-12(14-3-4-16(22)20-18(14)25)1-2-13(15)11-5-7-21(8-6-11)10-17(23)24;3-2(4,5)1(6)7/h1-2,9,11,14H,3-8,10H2,(H,23,24)(H,20,22,25);(H,6,7). The Hall–Kier alpha value is -3.02. The zero-order valence-electron chi connectivity index (χ0n) is 16.8. The molecule has 176 valence electrons. The van der Waals surface area contributed by atoms with E-state index in [9.17, 15) is 31.9 Å². The van der Waals surface area contributed by atoms with Crippen LogP contribution in [-0.4, -0.2) is 64.7 Å². The summed E-state index contributed by atoms with van der Waals surface area (Å²) < 4.78 is 46.3. The van der Waals surface area contributed by atoms with Crippen LogP contribution >= 0.6 is 0 Å². The highest BCUT2D eigenvalue weighted by molar-refractivity contribution is 6.00. The van der Waals surface area contributed by atoms with E-state index in [1.807, 2.05) is 4.90 Å². The largest absolute Gasteiger partial charge is 0.490 e. The molecule has 32 heavy (non-hydrogen) atoms. The molecule has 2 aliphatic rings. The number of carboxylic acids is 2. The van der Waals surface area contributed by atoms with Gasteiger partial charge in [0.2, 0.25) is 11.8 Å². The van der Waals surface area contributed by atoms with Crippen LogP contribution < -0.4 is 5.32 Å². The van der Waals surface area contributed by atoms with Crippen molar-refractivity contribution in [1.82, 2.24) is 10.2 Å². The molecule has 0 aliphatic carbocycles. The van der Waals surface area contributed by atoms with E-state index in [1.54, 1.807) is 12.1 Å². The van der Waals surface area contributed by atoms with Gasteiger partial charge in [0.25, 0.3) is 0 Å². The molecule has 1 unspecified atom stereocenters. The lowest BCUT2D eigenvalue weighted by Crippen LogP contribution is -2.39. The van der Waals surface area contributed by atoms with Gasteiger partial charge in [0.15, 0.2) is 0 Å². The molecule has 1 aromatic rings. The highest BCUT2D eigenvalue weighted by Crippen LogP contribution is 2.32. The molecule has 2 aliphatic heterocycles. The summed E-state index contributed by atoms with van der Waals surface area (Å²) in [5.74, 6) is -5.03. The van der Waals surface area contributed by atoms with Crippen molar-refractivity contribution in [2.75, 3.05) is 19.6 Å². The smallest absolute Gasteiger partial charge is 0.480 e. The highest BCUT2D eigenvalue weighted by Gasteiger charge is 2.38. The lowest BCUT2D eigenvalue weighted by molar-refractivity contribution is -0.192. The molecule has 2 amide bonds. The summed E-state index contributed by atoms with van der Waals surface area (Å²) in [5.41, 5.74) is 1.21. The van der Waals surface area contributed by atoms with Gasteiger partial charge in [0.05, 0.1) is 12.5 Å². The van der Waals surface area contributed by atoms with Gasteiger partial charge in [-0.25, -0.2) is 9.18 Å². The molecule has 0 aromatic heterocycles. The fraction of sp³-hybridized carbons (Fsp3) is 0.500. The number of halogens is 4. The molecule has 8 nitrogen and oxygen atoms in total. The number of rotatable bonds is 4. The number of carbonyl (C=O) groups excluding carboxylic acids is 2. The molecular weight excluding hydrogens is 440 g/mol. The van der Waals surface area contributed by atoms with Gasteiger partial charge in [-0.2, -0.15) is 13.2 Å². The Morgan fingerprint density at radius 1 is 1.09 bits per heavy atom. The highest BCUT2D eigenvalue weighted by atomic mass is 19.4. The Labute approximate surface area is 180 Å². The number of piperidine rings is 2. The van der Waals surface area contributed by atoms with Gasteiger partial charge in [-0.05, 0) is 55.5 Å². The van der Waals surface area contributed by atoms with E-state index in [4.69, 9.17) is 15.0 Å². The minimum Gasteiger partial charge on any atom is -0.480 e. The minimum atomic E-state index is -5.08. The quantitative estimate of drug-likeness (QED) is 0.463. The van der Waals surface area contributed by atoms with Gasteiger partial charge < -0.3 is 10.2 Å². The molecule has 0 radical (unpaired) electrons. The SMILES string of the molecule is O=C(O)C(F)(F)F.O=C(O)CN1CCC(c2ccc(C3CCC(=O)NC3=O)cc2F)CC1. The molecule has 3 N–H and O–H groups in total. The monoisotopic (exact) mass is 462 g/mol. The van der Waals surface area contributed by atoms with Crippen molar-refractivity contribution in [3.63, 3.8) is 0 Å². The van der Waals surface area contributed by atoms with Crippen LogP contribution in [0.1, 0.15) is 48.6 Å². The average Bonchev–Trinajstić information content (AvgIpc) is 2.68. The number of likely N-dealkylation sites (tertiary alicyclic amines) is 1. The van der Waals surface area contributed by atoms with Crippen LogP contribution in [0.15, 0.2) is 18.2 Å². The second-order valence-electron chi connectivity index (χ2n) is 7.53. The fourth-order valence-electron chi connectivity index (χ4n) is 3.70. The Morgan fingerprint density at radius 3 is 2.16 bits per heavy atom. The van der Waals surface area contributed by atoms with Crippen LogP contribution in [0.2, 0.25) is 0 Å². The van der Waals surface area contributed by atoms with Gasteiger partial charge in [-0.3, -0.25) is 24.6 Å². The summed E-state index contributed by atoms with van der Waals surface area (Å²) in [5, 5.41) is 18.2. The molecule has 0 spiro atoms. The van der Waals surface area contributed by atoms with Gasteiger partial charge in [-0.1, -0.05) is 12.1 Å². The summed E-state index contributed by atoms with van der Waals surface area (Å²) in [6.45, 7) is 1.28. The summed E-state index contributed by atoms with van der Waals surface area (Å²) >= 11 is 0. The minimum absolute atomic E-state index is 0.0175. The zero-order chi connectivity index (χ0) is 24.1. The Balaban J connectivity index is 0.000000451. The summed E-state index contributed by atoms with van der Waals surface area (Å²) in [6, 6.07) is 4.90. The number of nitrogens with one attached hydrogen (secondary N) is 1. The topological polar surface area (TPSA) is 124 Å². The first-order valence-electron chi connectivity index (χ1n) is 9.75. The number of aliphatic carboxylic acids is 2. The van der Waals surface area contributed by atoms with Crippen LogP contribution in [0.5, 0.6) is 0 Å². The molecular formula is C20H22F4N2O6. The van der Waals surface area contributed by atoms with Crippen molar-refractivity contribution in [3.05, 3.63) is 35.1 Å². The molecule has 1 aromatic carbocycles. The first kappa shape index (κ1) is 25.2. The predicted molar refractivity (Wildman–Crippen MR) is 101 cm³/mol. The third kappa shape index (κ3) is 7.01. The third-order valence-electron chi connectivity index (χ3n) is 5.29. The number of imide groups is 1. The van der Waals surface area contributed by atoms with E-state index in [0.717, 1.165) is 0 Å². The van der Waals surface area contributed by atoms with Crippen LogP contribution in [0, 0.1) is 5.82 Å². The number of carbonyl (C=O) groups is 4. The lowest BCUT2D eigenvalue weighted by Gasteiger charge is -2.31. The van der Waals surface area contributed by atoms with Crippen molar-refractivity contribution in [2.45, 2.75) is 43.7 Å². The number of alkyl halides is 3. The number of nitrogens with zero attached hydrogens (tertiary/aromatic N) is 1. The van der Waals surface area contributed by atoms with Gasteiger partial charge in [-0.15, -0.1) is 0 Å². The maximum atomic E-state index is 14.6. The zero-order valence-corrected chi connectivity index (χ0v) is 16.8. The number of benzene rings is 1. The first-order valence-corrected chi connectivity index (χ1v) is 9.75. The number of hydrogen-bond acceptors (Lipinski definition) is 5. The Morgan fingerprint density at radius 2 is 1.69 bits per heavy atom. The van der Waals surface area contributed by atoms with Crippen molar-refractivity contribution >= 4 is 23.8 Å². The van der Waals surface area contributed by atoms with Gasteiger partial charge in [0.1, 0.15) is 5.82 Å². The molecule has 1 atom stereocenters. The summed E-state index contributed by atoms with van der Waals surface area (Å²) in [7, 11) is 0. The molecule has 2 fully saturated rings. The molecule has 2 heterocycles. The number of hydrogen-bond donors (Lipinski definition) is 3. The van der Waals surface area contributed by atoms with Crippen LogP contribution in [-0.2, 0) is 19.2 Å². The van der Waals surface area contributed by atoms with Crippen molar-refractivity contribution in [3.8, 4) is 0 Å². The molecule has 0 saturated carbocycles. The van der Waals surface area contributed by atoms with Crippen molar-refractivity contribution in [2.24, 2.45) is 0 Å². The number of carboxylic acid groups (broad SMARTS) is 2. The fourth-order valence-corrected chi connectivity index (χ4v) is 3.70. The summed E-state index contributed by atoms with van der Waals surface area (Å²) in [6.07, 6.45) is -3.00. The second-order valence-corrected chi connectivity index (χ2v) is 7.53. The number of amides is 2. The molecule has 2 saturated heterocycles. The third-order valence-corrected chi connectivity index (χ3v) is 5.29. The predicted octanol–water partition coefficient (Wildman–Crippen LogP) is 2.24. The van der Waals surface area contributed by atoms with E-state index < -0.39 is 24.0 Å². The maximum Gasteiger partial charge on any atom is 0.490 e. The normalized spacial score (nSPS) is 20.2. The van der Waals surface area contributed by atoms with Crippen LogP contribution in [0.25, 0.3) is 0 Å². The van der Waals surface area contributed by atoms with Gasteiger partial charge in [0, 0.05) is 6.42 Å².